The molecule has 1 N–H and O–H groups in total. The van der Waals surface area contributed by atoms with Gasteiger partial charge in [0.15, 0.2) is 0 Å². The zero-order valence-electron chi connectivity index (χ0n) is 16.8. The summed E-state index contributed by atoms with van der Waals surface area (Å²) in [6.45, 7) is 3.17. The Hall–Kier alpha value is -1.68. The third kappa shape index (κ3) is 22.3. The molecule has 0 aliphatic heterocycles. The summed E-state index contributed by atoms with van der Waals surface area (Å²) in [5.41, 5.74) is 0. The molecule has 0 saturated carbocycles. The predicted octanol–water partition coefficient (Wildman–Crippen LogP) is 6.56. The molecule has 0 aliphatic carbocycles. The minimum absolute atomic E-state index is 0.348. The van der Waals surface area contributed by atoms with Gasteiger partial charge in [0.25, 0.3) is 0 Å². The van der Waals surface area contributed by atoms with Crippen molar-refractivity contribution in [1.29, 1.82) is 0 Å². The van der Waals surface area contributed by atoms with Crippen LogP contribution in [0, 0.1) is 0 Å². The lowest BCUT2D eigenvalue weighted by atomic mass is 10.2. The Morgan fingerprint density at radius 3 is 1.85 bits per heavy atom. The number of carbonyl (C=O) groups excluding carboxylic acids is 1. The molecule has 3 nitrogen and oxygen atoms in total. The fourth-order valence-corrected chi connectivity index (χ4v) is 2.22. The van der Waals surface area contributed by atoms with Crippen LogP contribution in [0.15, 0.2) is 60.8 Å². The Labute approximate surface area is 171 Å². The van der Waals surface area contributed by atoms with Gasteiger partial charge in [-0.15, -0.1) is 0 Å². The molecular weight excluding hydrogens is 354 g/mol. The molecule has 0 aromatic rings. The summed E-state index contributed by atoms with van der Waals surface area (Å²) in [5, 5.41) is 2.62. The van der Waals surface area contributed by atoms with Crippen LogP contribution in [0.2, 0.25) is 0 Å². The average molecular weight is 392 g/mol. The monoisotopic (exact) mass is 391 g/mol. The highest BCUT2D eigenvalue weighted by Gasteiger charge is 1.98. The van der Waals surface area contributed by atoms with Gasteiger partial charge in [0, 0.05) is 12.3 Å². The molecule has 0 bridgehead atoms. The molecule has 1 amide bonds. The first-order valence-electron chi connectivity index (χ1n) is 10.1. The van der Waals surface area contributed by atoms with Gasteiger partial charge in [-0.2, -0.15) is 12.6 Å². The van der Waals surface area contributed by atoms with Crippen molar-refractivity contribution in [2.24, 2.45) is 0 Å². The van der Waals surface area contributed by atoms with Gasteiger partial charge >= 0.3 is 6.09 Å². The van der Waals surface area contributed by atoms with Gasteiger partial charge < -0.3 is 10.1 Å². The number of alkyl carbamates (subject to hydrolysis) is 1. The predicted molar refractivity (Wildman–Crippen MR) is 122 cm³/mol. The van der Waals surface area contributed by atoms with Crippen molar-refractivity contribution in [3.05, 3.63) is 60.8 Å². The molecule has 0 spiro atoms. The van der Waals surface area contributed by atoms with Crippen molar-refractivity contribution < 1.29 is 9.53 Å². The Balaban J connectivity index is 3.44. The van der Waals surface area contributed by atoms with E-state index in [1.165, 1.54) is 0 Å². The second-order valence-corrected chi connectivity index (χ2v) is 6.44. The lowest BCUT2D eigenvalue weighted by molar-refractivity contribution is 0.145. The molecule has 0 saturated heterocycles. The van der Waals surface area contributed by atoms with E-state index in [0.29, 0.717) is 18.9 Å². The van der Waals surface area contributed by atoms with Crippen LogP contribution in [-0.2, 0) is 4.74 Å². The smallest absolute Gasteiger partial charge is 0.407 e. The first-order valence-corrected chi connectivity index (χ1v) is 10.7. The van der Waals surface area contributed by atoms with Crippen molar-refractivity contribution in [2.45, 2.75) is 58.3 Å². The van der Waals surface area contributed by atoms with Gasteiger partial charge in [0.1, 0.15) is 0 Å². The van der Waals surface area contributed by atoms with Gasteiger partial charge in [-0.05, 0) is 51.4 Å². The molecule has 4 heteroatoms. The lowest BCUT2D eigenvalue weighted by Gasteiger charge is -2.04. The second-order valence-electron chi connectivity index (χ2n) is 5.99. The third-order valence-electron chi connectivity index (χ3n) is 3.54. The van der Waals surface area contributed by atoms with E-state index in [0.717, 1.165) is 51.4 Å². The summed E-state index contributed by atoms with van der Waals surface area (Å²) in [7, 11) is 0. The molecule has 0 unspecified atom stereocenters. The molecule has 0 aliphatic rings. The van der Waals surface area contributed by atoms with Crippen LogP contribution in [0.25, 0.3) is 0 Å². The highest BCUT2D eigenvalue weighted by molar-refractivity contribution is 7.80. The maximum Gasteiger partial charge on any atom is 0.407 e. The number of allylic oxidation sites excluding steroid dienone is 10. The average Bonchev–Trinajstić information content (AvgIpc) is 2.68. The molecule has 0 aromatic carbocycles. The Bertz CT molecular complexity index is 479. The van der Waals surface area contributed by atoms with Crippen LogP contribution in [-0.4, -0.2) is 25.0 Å². The van der Waals surface area contributed by atoms with Gasteiger partial charge in [0.2, 0.25) is 0 Å². The van der Waals surface area contributed by atoms with Gasteiger partial charge in [-0.1, -0.05) is 67.7 Å². The molecule has 27 heavy (non-hydrogen) atoms. The summed E-state index contributed by atoms with van der Waals surface area (Å²) in [5.74, 6) is 0.624. The first kappa shape index (κ1) is 25.3. The highest BCUT2D eigenvalue weighted by atomic mass is 32.1. The standard InChI is InChI=1S/C23H37NO2S/c1-2-3-4-5-6-7-8-9-10-11-12-13-14-15-16-17-18-19-21-26-23(25)24-20-22-27/h3-4,6-7,9-10,12-13,15-16,27H,2,5,8,11,14,17-22H2,1H3,(H,24,25)/b4-3-,7-6-,10-9-,13-12-,16-15-. The number of ether oxygens (including phenoxy) is 1. The van der Waals surface area contributed by atoms with Crippen molar-refractivity contribution in [2.75, 3.05) is 18.9 Å². The summed E-state index contributed by atoms with van der Waals surface area (Å²) in [4.78, 5) is 11.2. The van der Waals surface area contributed by atoms with Gasteiger partial charge in [0.05, 0.1) is 6.61 Å². The van der Waals surface area contributed by atoms with E-state index in [1.807, 2.05) is 0 Å². The molecule has 0 atom stereocenters. The number of carbonyl (C=O) groups is 1. The summed E-state index contributed by atoms with van der Waals surface area (Å²) in [6.07, 6.45) is 29.7. The van der Waals surface area contributed by atoms with Crippen LogP contribution in [0.4, 0.5) is 4.79 Å². The van der Waals surface area contributed by atoms with Crippen LogP contribution >= 0.6 is 12.6 Å². The van der Waals surface area contributed by atoms with E-state index < -0.39 is 0 Å². The van der Waals surface area contributed by atoms with E-state index in [2.05, 4.69) is 85.6 Å². The number of amides is 1. The van der Waals surface area contributed by atoms with Crippen LogP contribution in [0.5, 0.6) is 0 Å². The SMILES string of the molecule is CC/C=C\C/C=C\C/C=C\C/C=C\C/C=C\CCCCOC(=O)NCCS. The second kappa shape index (κ2) is 22.4. The molecule has 0 rings (SSSR count). The molecule has 0 radical (unpaired) electrons. The zero-order valence-corrected chi connectivity index (χ0v) is 17.7. The Kier molecular flexibility index (Phi) is 21.0. The van der Waals surface area contributed by atoms with E-state index in [9.17, 15) is 4.79 Å². The first-order chi connectivity index (χ1) is 13.3. The molecule has 0 heterocycles. The maximum atomic E-state index is 11.2. The van der Waals surface area contributed by atoms with Crippen molar-refractivity contribution in [3.8, 4) is 0 Å². The van der Waals surface area contributed by atoms with Crippen molar-refractivity contribution in [3.63, 3.8) is 0 Å². The Morgan fingerprint density at radius 2 is 1.33 bits per heavy atom. The van der Waals surface area contributed by atoms with Crippen molar-refractivity contribution >= 4 is 18.7 Å². The van der Waals surface area contributed by atoms with E-state index >= 15 is 0 Å². The summed E-state index contributed by atoms with van der Waals surface area (Å²) in [6, 6.07) is 0. The highest BCUT2D eigenvalue weighted by Crippen LogP contribution is 2.00. The van der Waals surface area contributed by atoms with Crippen LogP contribution < -0.4 is 5.32 Å². The van der Waals surface area contributed by atoms with Crippen molar-refractivity contribution in [1.82, 2.24) is 5.32 Å². The number of nitrogens with one attached hydrogen (secondary N) is 1. The van der Waals surface area contributed by atoms with Gasteiger partial charge in [-0.3, -0.25) is 0 Å². The maximum absolute atomic E-state index is 11.2. The van der Waals surface area contributed by atoms with Crippen LogP contribution in [0.1, 0.15) is 58.3 Å². The third-order valence-corrected chi connectivity index (χ3v) is 3.76. The van der Waals surface area contributed by atoms with E-state index in [-0.39, 0.29) is 6.09 Å². The number of unbranched alkanes of at least 4 members (excludes halogenated alkanes) is 2. The number of hydrogen-bond donors (Lipinski definition) is 2. The van der Waals surface area contributed by atoms with Gasteiger partial charge in [-0.25, -0.2) is 4.79 Å². The largest absolute Gasteiger partial charge is 0.450 e. The van der Waals surface area contributed by atoms with E-state index in [1.54, 1.807) is 0 Å². The zero-order chi connectivity index (χ0) is 19.8. The summed E-state index contributed by atoms with van der Waals surface area (Å²) >= 11 is 4.02. The number of thiol groups is 1. The number of rotatable bonds is 16. The summed E-state index contributed by atoms with van der Waals surface area (Å²) < 4.78 is 5.04. The lowest BCUT2D eigenvalue weighted by Crippen LogP contribution is -2.26. The Morgan fingerprint density at radius 1 is 0.815 bits per heavy atom. The molecule has 152 valence electrons. The minimum atomic E-state index is -0.348. The van der Waals surface area contributed by atoms with E-state index in [4.69, 9.17) is 4.74 Å². The topological polar surface area (TPSA) is 38.3 Å². The quantitative estimate of drug-likeness (QED) is 0.177. The molecular formula is C23H37NO2S. The van der Waals surface area contributed by atoms with Crippen LogP contribution in [0.3, 0.4) is 0 Å². The minimum Gasteiger partial charge on any atom is -0.450 e. The number of hydrogen-bond acceptors (Lipinski definition) is 3. The normalized spacial score (nSPS) is 12.4. The fraction of sp³-hybridized carbons (Fsp3) is 0.522. The molecule has 0 fully saturated rings. The molecule has 0 aromatic heterocycles. The fourth-order valence-electron chi connectivity index (χ4n) is 2.11.